The summed E-state index contributed by atoms with van der Waals surface area (Å²) in [6, 6.07) is 1.23. The molecule has 1 heterocycles. The van der Waals surface area contributed by atoms with Gasteiger partial charge in [0.2, 0.25) is 5.91 Å². The molecule has 1 saturated carbocycles. The highest BCUT2D eigenvalue weighted by molar-refractivity contribution is 5.78. The first-order valence-electron chi connectivity index (χ1n) is 4.75. The summed E-state index contributed by atoms with van der Waals surface area (Å²) in [5.41, 5.74) is 0. The second-order valence-electron chi connectivity index (χ2n) is 3.97. The van der Waals surface area contributed by atoms with E-state index in [1.807, 2.05) is 0 Å². The molecule has 1 atom stereocenters. The van der Waals surface area contributed by atoms with Crippen molar-refractivity contribution < 1.29 is 4.79 Å². The van der Waals surface area contributed by atoms with Crippen molar-refractivity contribution in [3.05, 3.63) is 0 Å². The van der Waals surface area contributed by atoms with Crippen LogP contribution in [0.1, 0.15) is 25.7 Å². The van der Waals surface area contributed by atoms with Crippen LogP contribution in [0.2, 0.25) is 0 Å². The molecule has 1 saturated heterocycles. The second-order valence-corrected chi connectivity index (χ2v) is 3.97. The summed E-state index contributed by atoms with van der Waals surface area (Å²) in [6.45, 7) is 1.04. The standard InChI is InChI=1S/C9H16N2O/c1-11(8-3-4-8)6-7-2-5-9(12)10-7/h7-8H,2-6H2,1H3,(H,10,12). The molecule has 68 valence electrons. The molecule has 1 N–H and O–H groups in total. The summed E-state index contributed by atoms with van der Waals surface area (Å²) in [4.78, 5) is 13.3. The minimum atomic E-state index is 0.226. The van der Waals surface area contributed by atoms with Crippen molar-refractivity contribution in [3.8, 4) is 0 Å². The Balaban J connectivity index is 1.75. The SMILES string of the molecule is CN(CC1CCC(=O)N1)C1CC1. The summed E-state index contributed by atoms with van der Waals surface area (Å²) < 4.78 is 0. The first-order chi connectivity index (χ1) is 5.75. The van der Waals surface area contributed by atoms with Crippen molar-refractivity contribution in [3.63, 3.8) is 0 Å². The van der Waals surface area contributed by atoms with Crippen LogP contribution in [0.4, 0.5) is 0 Å². The maximum Gasteiger partial charge on any atom is 0.220 e. The van der Waals surface area contributed by atoms with Crippen LogP contribution < -0.4 is 5.32 Å². The quantitative estimate of drug-likeness (QED) is 0.660. The third-order valence-electron chi connectivity index (χ3n) is 2.76. The van der Waals surface area contributed by atoms with E-state index in [0.29, 0.717) is 6.04 Å². The average molecular weight is 168 g/mol. The molecule has 3 nitrogen and oxygen atoms in total. The molecule has 3 heteroatoms. The van der Waals surface area contributed by atoms with Gasteiger partial charge in [-0.25, -0.2) is 0 Å². The molecule has 2 aliphatic rings. The summed E-state index contributed by atoms with van der Waals surface area (Å²) in [6.07, 6.45) is 4.44. The lowest BCUT2D eigenvalue weighted by Gasteiger charge is -2.19. The fraction of sp³-hybridized carbons (Fsp3) is 0.889. The van der Waals surface area contributed by atoms with Crippen molar-refractivity contribution in [2.45, 2.75) is 37.8 Å². The van der Waals surface area contributed by atoms with E-state index in [2.05, 4.69) is 17.3 Å². The van der Waals surface area contributed by atoms with Gasteiger partial charge in [-0.15, -0.1) is 0 Å². The molecular formula is C9H16N2O. The minimum Gasteiger partial charge on any atom is -0.352 e. The van der Waals surface area contributed by atoms with Crippen LogP contribution in [0.15, 0.2) is 0 Å². The van der Waals surface area contributed by atoms with Crippen molar-refractivity contribution in [1.29, 1.82) is 0 Å². The molecule has 2 rings (SSSR count). The Bertz CT molecular complexity index is 189. The van der Waals surface area contributed by atoms with Crippen molar-refractivity contribution in [2.24, 2.45) is 0 Å². The number of hydrogen-bond donors (Lipinski definition) is 1. The molecule has 0 aromatic rings. The van der Waals surface area contributed by atoms with E-state index in [4.69, 9.17) is 0 Å². The fourth-order valence-corrected chi connectivity index (χ4v) is 1.83. The molecule has 0 spiro atoms. The number of rotatable bonds is 3. The largest absolute Gasteiger partial charge is 0.352 e. The first-order valence-corrected chi connectivity index (χ1v) is 4.75. The fourth-order valence-electron chi connectivity index (χ4n) is 1.83. The third-order valence-corrected chi connectivity index (χ3v) is 2.76. The third kappa shape index (κ3) is 1.78. The van der Waals surface area contributed by atoms with Crippen molar-refractivity contribution in [1.82, 2.24) is 10.2 Å². The van der Waals surface area contributed by atoms with E-state index in [9.17, 15) is 4.79 Å². The van der Waals surface area contributed by atoms with Gasteiger partial charge in [-0.3, -0.25) is 4.79 Å². The zero-order chi connectivity index (χ0) is 8.55. The highest BCUT2D eigenvalue weighted by Crippen LogP contribution is 2.25. The topological polar surface area (TPSA) is 32.3 Å². The first kappa shape index (κ1) is 8.05. The van der Waals surface area contributed by atoms with Gasteiger partial charge in [0.25, 0.3) is 0 Å². The molecule has 12 heavy (non-hydrogen) atoms. The van der Waals surface area contributed by atoms with Gasteiger partial charge >= 0.3 is 0 Å². The average Bonchev–Trinajstić information content (AvgIpc) is 2.78. The van der Waals surface area contributed by atoms with Crippen LogP contribution in [0, 0.1) is 0 Å². The summed E-state index contributed by atoms with van der Waals surface area (Å²) >= 11 is 0. The Labute approximate surface area is 73.1 Å². The lowest BCUT2D eigenvalue weighted by Crippen LogP contribution is -2.37. The van der Waals surface area contributed by atoms with Crippen LogP contribution in [-0.4, -0.2) is 36.5 Å². The van der Waals surface area contributed by atoms with E-state index >= 15 is 0 Å². The number of amides is 1. The molecule has 1 amide bonds. The highest BCUT2D eigenvalue weighted by Gasteiger charge is 2.29. The Morgan fingerprint density at radius 2 is 2.25 bits per heavy atom. The monoisotopic (exact) mass is 168 g/mol. The van der Waals surface area contributed by atoms with E-state index in [-0.39, 0.29) is 5.91 Å². The van der Waals surface area contributed by atoms with Crippen LogP contribution in [-0.2, 0) is 4.79 Å². The van der Waals surface area contributed by atoms with Crippen LogP contribution in [0.3, 0.4) is 0 Å². The minimum absolute atomic E-state index is 0.226. The summed E-state index contributed by atoms with van der Waals surface area (Å²) in [5, 5.41) is 2.99. The molecule has 0 aromatic heterocycles. The number of carbonyl (C=O) groups is 1. The zero-order valence-electron chi connectivity index (χ0n) is 7.55. The maximum atomic E-state index is 10.9. The number of hydrogen-bond acceptors (Lipinski definition) is 2. The predicted molar refractivity (Wildman–Crippen MR) is 46.8 cm³/mol. The van der Waals surface area contributed by atoms with Crippen LogP contribution in [0.25, 0.3) is 0 Å². The number of nitrogens with zero attached hydrogens (tertiary/aromatic N) is 1. The van der Waals surface area contributed by atoms with Gasteiger partial charge in [0.05, 0.1) is 0 Å². The van der Waals surface area contributed by atoms with Gasteiger partial charge < -0.3 is 10.2 Å². The molecule has 0 radical (unpaired) electrons. The smallest absolute Gasteiger partial charge is 0.220 e. The zero-order valence-corrected chi connectivity index (χ0v) is 7.55. The Kier molecular flexibility index (Phi) is 2.05. The number of likely N-dealkylation sites (N-methyl/N-ethyl adjacent to an activating group) is 1. The van der Waals surface area contributed by atoms with E-state index in [1.54, 1.807) is 0 Å². The number of nitrogens with one attached hydrogen (secondary N) is 1. The van der Waals surface area contributed by atoms with E-state index in [0.717, 1.165) is 25.4 Å². The van der Waals surface area contributed by atoms with Gasteiger partial charge in [0.15, 0.2) is 0 Å². The Morgan fingerprint density at radius 3 is 2.75 bits per heavy atom. The van der Waals surface area contributed by atoms with Crippen molar-refractivity contribution >= 4 is 5.91 Å². The van der Waals surface area contributed by atoms with Gasteiger partial charge in [-0.2, -0.15) is 0 Å². The molecule has 1 unspecified atom stereocenters. The maximum absolute atomic E-state index is 10.9. The number of carbonyl (C=O) groups excluding carboxylic acids is 1. The molecular weight excluding hydrogens is 152 g/mol. The molecule has 2 fully saturated rings. The Morgan fingerprint density at radius 1 is 1.50 bits per heavy atom. The normalized spacial score (nSPS) is 29.5. The van der Waals surface area contributed by atoms with Gasteiger partial charge in [-0.1, -0.05) is 0 Å². The molecule has 1 aliphatic heterocycles. The Hall–Kier alpha value is -0.570. The van der Waals surface area contributed by atoms with Crippen LogP contribution >= 0.6 is 0 Å². The molecule has 0 aromatic carbocycles. The van der Waals surface area contributed by atoms with Gasteiger partial charge in [0, 0.05) is 25.0 Å². The second kappa shape index (κ2) is 3.05. The lowest BCUT2D eigenvalue weighted by molar-refractivity contribution is -0.119. The van der Waals surface area contributed by atoms with E-state index in [1.165, 1.54) is 12.8 Å². The summed E-state index contributed by atoms with van der Waals surface area (Å²) in [5.74, 6) is 0.226. The summed E-state index contributed by atoms with van der Waals surface area (Å²) in [7, 11) is 2.15. The van der Waals surface area contributed by atoms with Crippen molar-refractivity contribution in [2.75, 3.05) is 13.6 Å². The predicted octanol–water partition coefficient (Wildman–Crippen LogP) is 0.359. The highest BCUT2D eigenvalue weighted by atomic mass is 16.1. The van der Waals surface area contributed by atoms with E-state index < -0.39 is 0 Å². The van der Waals surface area contributed by atoms with Gasteiger partial charge in [-0.05, 0) is 26.3 Å². The molecule has 1 aliphatic carbocycles. The molecule has 0 bridgehead atoms. The van der Waals surface area contributed by atoms with Crippen LogP contribution in [0.5, 0.6) is 0 Å². The van der Waals surface area contributed by atoms with Gasteiger partial charge in [0.1, 0.15) is 0 Å². The lowest BCUT2D eigenvalue weighted by atomic mass is 10.2.